The first-order valence-corrected chi connectivity index (χ1v) is 9.91. The molecule has 3 rings (SSSR count). The zero-order valence-corrected chi connectivity index (χ0v) is 15.8. The summed E-state index contributed by atoms with van der Waals surface area (Å²) in [5, 5.41) is 3.85. The van der Waals surface area contributed by atoms with E-state index in [1.165, 1.54) is 36.4 Å². The Labute approximate surface area is 164 Å². The van der Waals surface area contributed by atoms with Crippen molar-refractivity contribution in [3.8, 4) is 11.3 Å². The Kier molecular flexibility index (Phi) is 5.87. The standard InChI is InChI=1S/C18H14ClF2N3O3S/c19-15-11-14(5-6-16(15)21)28(26,27)22-9-10-24-18(25)8-7-17(23-24)12-1-3-13(20)4-2-12/h1-8,11,22H,9-10H2. The number of nitrogens with one attached hydrogen (secondary N) is 1. The summed E-state index contributed by atoms with van der Waals surface area (Å²) < 4.78 is 54.1. The predicted octanol–water partition coefficient (Wildman–Crippen LogP) is 2.82. The van der Waals surface area contributed by atoms with Crippen molar-refractivity contribution in [2.75, 3.05) is 6.54 Å². The van der Waals surface area contributed by atoms with Gasteiger partial charge in [0.2, 0.25) is 10.0 Å². The van der Waals surface area contributed by atoms with Crippen LogP contribution in [-0.2, 0) is 16.6 Å². The van der Waals surface area contributed by atoms with Crippen LogP contribution in [0.2, 0.25) is 5.02 Å². The van der Waals surface area contributed by atoms with Crippen LogP contribution in [0.3, 0.4) is 0 Å². The quantitative estimate of drug-likeness (QED) is 0.658. The minimum absolute atomic E-state index is 0.0397. The summed E-state index contributed by atoms with van der Waals surface area (Å²) in [5.74, 6) is -1.12. The minimum Gasteiger partial charge on any atom is -0.268 e. The van der Waals surface area contributed by atoms with Crippen LogP contribution in [0.1, 0.15) is 0 Å². The summed E-state index contributed by atoms with van der Waals surface area (Å²) in [6.45, 7) is -0.168. The summed E-state index contributed by atoms with van der Waals surface area (Å²) in [4.78, 5) is 11.8. The van der Waals surface area contributed by atoms with E-state index in [9.17, 15) is 22.0 Å². The third-order valence-electron chi connectivity index (χ3n) is 3.82. The van der Waals surface area contributed by atoms with Gasteiger partial charge in [0.25, 0.3) is 5.56 Å². The molecule has 3 aromatic rings. The number of nitrogens with zero attached hydrogens (tertiary/aromatic N) is 2. The van der Waals surface area contributed by atoms with Crippen molar-refractivity contribution < 1.29 is 17.2 Å². The van der Waals surface area contributed by atoms with Crippen LogP contribution in [0.5, 0.6) is 0 Å². The van der Waals surface area contributed by atoms with E-state index in [4.69, 9.17) is 11.6 Å². The Hall–Kier alpha value is -2.62. The van der Waals surface area contributed by atoms with Crippen LogP contribution in [0.15, 0.2) is 64.3 Å². The highest BCUT2D eigenvalue weighted by molar-refractivity contribution is 7.89. The topological polar surface area (TPSA) is 81.1 Å². The van der Waals surface area contributed by atoms with Crippen molar-refractivity contribution in [3.63, 3.8) is 0 Å². The Morgan fingerprint density at radius 3 is 2.43 bits per heavy atom. The third-order valence-corrected chi connectivity index (χ3v) is 5.57. The fourth-order valence-corrected chi connectivity index (χ4v) is 3.69. The van der Waals surface area contributed by atoms with E-state index in [0.717, 1.165) is 22.9 Å². The van der Waals surface area contributed by atoms with Gasteiger partial charge in [0, 0.05) is 18.2 Å². The number of benzene rings is 2. The molecule has 0 amide bonds. The molecule has 6 nitrogen and oxygen atoms in total. The van der Waals surface area contributed by atoms with Gasteiger partial charge in [-0.3, -0.25) is 4.79 Å². The summed E-state index contributed by atoms with van der Waals surface area (Å²) >= 11 is 5.61. The largest absolute Gasteiger partial charge is 0.268 e. The fraction of sp³-hybridized carbons (Fsp3) is 0.111. The van der Waals surface area contributed by atoms with Gasteiger partial charge in [0.05, 0.1) is 22.2 Å². The molecule has 28 heavy (non-hydrogen) atoms. The van der Waals surface area contributed by atoms with Gasteiger partial charge in [-0.05, 0) is 48.5 Å². The Balaban J connectivity index is 1.73. The predicted molar refractivity (Wildman–Crippen MR) is 100 cm³/mol. The van der Waals surface area contributed by atoms with E-state index in [0.29, 0.717) is 11.3 Å². The molecule has 1 heterocycles. The van der Waals surface area contributed by atoms with Gasteiger partial charge < -0.3 is 0 Å². The first-order chi connectivity index (χ1) is 13.3. The second-order valence-electron chi connectivity index (χ2n) is 5.76. The van der Waals surface area contributed by atoms with Crippen LogP contribution >= 0.6 is 11.6 Å². The molecule has 0 aliphatic rings. The summed E-state index contributed by atoms with van der Waals surface area (Å²) in [5.41, 5.74) is 0.624. The van der Waals surface area contributed by atoms with Crippen LogP contribution in [-0.4, -0.2) is 24.7 Å². The Morgan fingerprint density at radius 2 is 1.75 bits per heavy atom. The maximum Gasteiger partial charge on any atom is 0.266 e. The summed E-state index contributed by atoms with van der Waals surface area (Å²) in [6, 6.07) is 11.4. The van der Waals surface area contributed by atoms with Gasteiger partial charge in [-0.2, -0.15) is 5.10 Å². The molecular formula is C18H14ClF2N3O3S. The summed E-state index contributed by atoms with van der Waals surface area (Å²) in [6.07, 6.45) is 0. The molecule has 1 aromatic heterocycles. The lowest BCUT2D eigenvalue weighted by Crippen LogP contribution is -2.32. The number of rotatable bonds is 6. The number of halogens is 3. The van der Waals surface area contributed by atoms with E-state index in [1.807, 2.05) is 0 Å². The van der Waals surface area contributed by atoms with E-state index < -0.39 is 27.2 Å². The number of aromatic nitrogens is 2. The maximum absolute atomic E-state index is 13.2. The molecule has 0 fully saturated rings. The van der Waals surface area contributed by atoms with E-state index >= 15 is 0 Å². The average molecular weight is 426 g/mol. The molecule has 0 saturated carbocycles. The number of sulfonamides is 1. The van der Waals surface area contributed by atoms with Crippen molar-refractivity contribution in [3.05, 3.63) is 81.6 Å². The van der Waals surface area contributed by atoms with Gasteiger partial charge >= 0.3 is 0 Å². The molecule has 0 unspecified atom stereocenters. The molecule has 1 N–H and O–H groups in total. The Morgan fingerprint density at radius 1 is 1.04 bits per heavy atom. The van der Waals surface area contributed by atoms with Gasteiger partial charge in [-0.25, -0.2) is 26.6 Å². The molecule has 10 heteroatoms. The van der Waals surface area contributed by atoms with Crippen molar-refractivity contribution in [1.82, 2.24) is 14.5 Å². The summed E-state index contributed by atoms with van der Waals surface area (Å²) in [7, 11) is -3.94. The number of hydrogen-bond acceptors (Lipinski definition) is 4. The van der Waals surface area contributed by atoms with E-state index in [-0.39, 0.29) is 23.0 Å². The fourth-order valence-electron chi connectivity index (χ4n) is 2.40. The molecule has 0 aliphatic carbocycles. The van der Waals surface area contributed by atoms with Crippen molar-refractivity contribution in [2.45, 2.75) is 11.4 Å². The van der Waals surface area contributed by atoms with Crippen LogP contribution in [0, 0.1) is 11.6 Å². The maximum atomic E-state index is 13.2. The highest BCUT2D eigenvalue weighted by Crippen LogP contribution is 2.19. The first kappa shape index (κ1) is 20.1. The second-order valence-corrected chi connectivity index (χ2v) is 7.93. The molecule has 2 aromatic carbocycles. The lowest BCUT2D eigenvalue weighted by Gasteiger charge is -2.09. The molecule has 0 bridgehead atoms. The van der Waals surface area contributed by atoms with Crippen LogP contribution in [0.25, 0.3) is 11.3 Å². The SMILES string of the molecule is O=c1ccc(-c2ccc(F)cc2)nn1CCNS(=O)(=O)c1ccc(F)c(Cl)c1. The van der Waals surface area contributed by atoms with E-state index in [1.54, 1.807) is 0 Å². The lowest BCUT2D eigenvalue weighted by atomic mass is 10.1. The number of hydrogen-bond donors (Lipinski definition) is 1. The molecule has 0 saturated heterocycles. The highest BCUT2D eigenvalue weighted by atomic mass is 35.5. The normalized spacial score (nSPS) is 11.5. The molecule has 146 valence electrons. The zero-order chi connectivity index (χ0) is 20.3. The monoisotopic (exact) mass is 425 g/mol. The van der Waals surface area contributed by atoms with Crippen molar-refractivity contribution in [2.24, 2.45) is 0 Å². The average Bonchev–Trinajstić information content (AvgIpc) is 2.66. The zero-order valence-electron chi connectivity index (χ0n) is 14.3. The highest BCUT2D eigenvalue weighted by Gasteiger charge is 2.15. The molecule has 0 radical (unpaired) electrons. The van der Waals surface area contributed by atoms with Crippen LogP contribution < -0.4 is 10.3 Å². The van der Waals surface area contributed by atoms with E-state index in [2.05, 4.69) is 9.82 Å². The van der Waals surface area contributed by atoms with Gasteiger partial charge in [0.1, 0.15) is 11.6 Å². The van der Waals surface area contributed by atoms with Gasteiger partial charge in [-0.15, -0.1) is 0 Å². The lowest BCUT2D eigenvalue weighted by molar-refractivity contribution is 0.548. The molecule has 0 spiro atoms. The second kappa shape index (κ2) is 8.17. The van der Waals surface area contributed by atoms with Gasteiger partial charge in [0.15, 0.2) is 0 Å². The van der Waals surface area contributed by atoms with Crippen LogP contribution in [0.4, 0.5) is 8.78 Å². The molecular weight excluding hydrogens is 412 g/mol. The first-order valence-electron chi connectivity index (χ1n) is 8.05. The van der Waals surface area contributed by atoms with Crippen molar-refractivity contribution in [1.29, 1.82) is 0 Å². The van der Waals surface area contributed by atoms with Gasteiger partial charge in [-0.1, -0.05) is 11.6 Å². The molecule has 0 atom stereocenters. The van der Waals surface area contributed by atoms with Crippen molar-refractivity contribution >= 4 is 21.6 Å². The minimum atomic E-state index is -3.94. The smallest absolute Gasteiger partial charge is 0.266 e. The third kappa shape index (κ3) is 4.61. The molecule has 0 aliphatic heterocycles. The Bertz CT molecular complexity index is 1170.